The highest BCUT2D eigenvalue weighted by Gasteiger charge is 2.34. The summed E-state index contributed by atoms with van der Waals surface area (Å²) in [6.07, 6.45) is 6.49. The smallest absolute Gasteiger partial charge is 0.318 e. The molecule has 2 fully saturated rings. The third-order valence-electron chi connectivity index (χ3n) is 4.36. The average molecular weight is 306 g/mol. The van der Waals surface area contributed by atoms with Crippen LogP contribution >= 0.6 is 0 Å². The van der Waals surface area contributed by atoms with Gasteiger partial charge in [0.1, 0.15) is 6.04 Å². The molecule has 1 saturated carbocycles. The molecule has 1 aliphatic heterocycles. The van der Waals surface area contributed by atoms with Gasteiger partial charge in [0.2, 0.25) is 5.89 Å². The predicted octanol–water partition coefficient (Wildman–Crippen LogP) is 3.23. The first kappa shape index (κ1) is 15.3. The summed E-state index contributed by atoms with van der Waals surface area (Å²) in [5, 5.41) is 7.13. The molecule has 1 aromatic rings. The van der Waals surface area contributed by atoms with Crippen LogP contribution in [0, 0.1) is 5.92 Å². The SMILES string of the molecule is CC(C)CNC(=O)N1CCCCCC1c1nc(C2CC2)no1. The highest BCUT2D eigenvalue weighted by molar-refractivity contribution is 5.74. The number of carbonyl (C=O) groups is 1. The number of nitrogens with zero attached hydrogens (tertiary/aromatic N) is 3. The van der Waals surface area contributed by atoms with Gasteiger partial charge >= 0.3 is 6.03 Å². The standard InChI is InChI=1S/C16H26N4O2/c1-11(2)10-17-16(21)20-9-5-3-4-6-13(20)15-18-14(19-22-15)12-7-8-12/h11-13H,3-10H2,1-2H3,(H,17,21). The largest absolute Gasteiger partial charge is 0.338 e. The molecule has 0 radical (unpaired) electrons. The number of hydrogen-bond acceptors (Lipinski definition) is 4. The fourth-order valence-corrected chi connectivity index (χ4v) is 2.89. The number of aromatic nitrogens is 2. The lowest BCUT2D eigenvalue weighted by Crippen LogP contribution is -2.43. The van der Waals surface area contributed by atoms with Gasteiger partial charge in [0.25, 0.3) is 0 Å². The van der Waals surface area contributed by atoms with Crippen molar-refractivity contribution in [2.24, 2.45) is 5.92 Å². The van der Waals surface area contributed by atoms with Crippen LogP contribution in [-0.2, 0) is 0 Å². The molecule has 0 aromatic carbocycles. The number of nitrogens with one attached hydrogen (secondary N) is 1. The van der Waals surface area contributed by atoms with Crippen molar-refractivity contribution in [1.29, 1.82) is 0 Å². The van der Waals surface area contributed by atoms with E-state index < -0.39 is 0 Å². The summed E-state index contributed by atoms with van der Waals surface area (Å²) in [5.74, 6) is 2.36. The zero-order valence-electron chi connectivity index (χ0n) is 13.5. The lowest BCUT2D eigenvalue weighted by atomic mass is 10.1. The van der Waals surface area contributed by atoms with Crippen LogP contribution in [0.5, 0.6) is 0 Å². The van der Waals surface area contributed by atoms with Crippen molar-refractivity contribution in [3.8, 4) is 0 Å². The fraction of sp³-hybridized carbons (Fsp3) is 0.812. The van der Waals surface area contributed by atoms with Crippen molar-refractivity contribution >= 4 is 6.03 Å². The minimum atomic E-state index is -0.0744. The lowest BCUT2D eigenvalue weighted by molar-refractivity contribution is 0.158. The van der Waals surface area contributed by atoms with E-state index in [1.54, 1.807) is 0 Å². The van der Waals surface area contributed by atoms with Gasteiger partial charge in [-0.05, 0) is 31.6 Å². The molecular formula is C16H26N4O2. The van der Waals surface area contributed by atoms with Crippen LogP contribution in [0.3, 0.4) is 0 Å². The molecule has 122 valence electrons. The van der Waals surface area contributed by atoms with E-state index in [-0.39, 0.29) is 12.1 Å². The molecule has 1 aromatic heterocycles. The second kappa shape index (κ2) is 6.67. The Balaban J connectivity index is 1.72. The maximum absolute atomic E-state index is 12.5. The molecule has 1 unspecified atom stereocenters. The molecule has 0 bridgehead atoms. The molecule has 1 saturated heterocycles. The zero-order chi connectivity index (χ0) is 15.5. The van der Waals surface area contributed by atoms with Crippen molar-refractivity contribution in [3.05, 3.63) is 11.7 Å². The van der Waals surface area contributed by atoms with E-state index in [1.165, 1.54) is 0 Å². The quantitative estimate of drug-likeness (QED) is 0.927. The summed E-state index contributed by atoms with van der Waals surface area (Å²) in [6, 6.07) is -0.0820. The van der Waals surface area contributed by atoms with Crippen molar-refractivity contribution in [3.63, 3.8) is 0 Å². The molecule has 3 rings (SSSR count). The minimum absolute atomic E-state index is 0.00762. The van der Waals surface area contributed by atoms with Gasteiger partial charge in [0.05, 0.1) is 0 Å². The molecule has 2 heterocycles. The molecule has 1 aliphatic carbocycles. The van der Waals surface area contributed by atoms with E-state index in [2.05, 4.69) is 29.3 Å². The van der Waals surface area contributed by atoms with Crippen LogP contribution in [0.15, 0.2) is 4.52 Å². The summed E-state index contributed by atoms with van der Waals surface area (Å²) in [4.78, 5) is 19.0. The minimum Gasteiger partial charge on any atom is -0.338 e. The van der Waals surface area contributed by atoms with Gasteiger partial charge in [0.15, 0.2) is 5.82 Å². The second-order valence-corrected chi connectivity index (χ2v) is 6.90. The first-order valence-electron chi connectivity index (χ1n) is 8.53. The van der Waals surface area contributed by atoms with E-state index in [0.29, 0.717) is 24.3 Å². The summed E-state index contributed by atoms with van der Waals surface area (Å²) >= 11 is 0. The van der Waals surface area contributed by atoms with E-state index in [4.69, 9.17) is 4.52 Å². The van der Waals surface area contributed by atoms with Crippen LogP contribution in [0.1, 0.15) is 76.0 Å². The van der Waals surface area contributed by atoms with Crippen molar-refractivity contribution < 1.29 is 9.32 Å². The van der Waals surface area contributed by atoms with E-state index in [9.17, 15) is 4.79 Å². The Hall–Kier alpha value is -1.59. The van der Waals surface area contributed by atoms with Gasteiger partial charge in [-0.3, -0.25) is 0 Å². The normalized spacial score (nSPS) is 22.7. The first-order valence-corrected chi connectivity index (χ1v) is 8.53. The van der Waals surface area contributed by atoms with Crippen molar-refractivity contribution in [1.82, 2.24) is 20.4 Å². The lowest BCUT2D eigenvalue weighted by Gasteiger charge is -2.27. The molecule has 2 aliphatic rings. The average Bonchev–Trinajstić information content (AvgIpc) is 3.28. The fourth-order valence-electron chi connectivity index (χ4n) is 2.89. The predicted molar refractivity (Wildman–Crippen MR) is 82.4 cm³/mol. The summed E-state index contributed by atoms with van der Waals surface area (Å²) < 4.78 is 5.48. The Kier molecular flexibility index (Phi) is 4.64. The van der Waals surface area contributed by atoms with Crippen molar-refractivity contribution in [2.45, 2.75) is 64.3 Å². The van der Waals surface area contributed by atoms with Gasteiger partial charge in [-0.1, -0.05) is 31.8 Å². The van der Waals surface area contributed by atoms with Gasteiger partial charge in [-0.25, -0.2) is 4.79 Å². The molecule has 2 amide bonds. The Morgan fingerprint density at radius 2 is 2.14 bits per heavy atom. The summed E-state index contributed by atoms with van der Waals surface area (Å²) in [6.45, 7) is 5.65. The maximum atomic E-state index is 12.5. The number of hydrogen-bond donors (Lipinski definition) is 1. The van der Waals surface area contributed by atoms with E-state index in [0.717, 1.165) is 50.9 Å². The van der Waals surface area contributed by atoms with Gasteiger partial charge in [-0.15, -0.1) is 0 Å². The Morgan fingerprint density at radius 3 is 2.86 bits per heavy atom. The Morgan fingerprint density at radius 1 is 1.32 bits per heavy atom. The summed E-state index contributed by atoms with van der Waals surface area (Å²) in [7, 11) is 0. The monoisotopic (exact) mass is 306 g/mol. The summed E-state index contributed by atoms with van der Waals surface area (Å²) in [5.41, 5.74) is 0. The van der Waals surface area contributed by atoms with Crippen molar-refractivity contribution in [2.75, 3.05) is 13.1 Å². The number of carbonyl (C=O) groups excluding carboxylic acids is 1. The van der Waals surface area contributed by atoms with Crippen LogP contribution in [0.25, 0.3) is 0 Å². The van der Waals surface area contributed by atoms with Gasteiger partial charge < -0.3 is 14.7 Å². The maximum Gasteiger partial charge on any atom is 0.318 e. The number of urea groups is 1. The second-order valence-electron chi connectivity index (χ2n) is 6.90. The van der Waals surface area contributed by atoms with E-state index >= 15 is 0 Å². The molecular weight excluding hydrogens is 280 g/mol. The molecule has 1 N–H and O–H groups in total. The third kappa shape index (κ3) is 3.59. The van der Waals surface area contributed by atoms with Crippen LogP contribution < -0.4 is 5.32 Å². The van der Waals surface area contributed by atoms with Gasteiger partial charge in [-0.2, -0.15) is 4.98 Å². The molecule has 0 spiro atoms. The first-order chi connectivity index (χ1) is 10.6. The highest BCUT2D eigenvalue weighted by Crippen LogP contribution is 2.39. The highest BCUT2D eigenvalue weighted by atomic mass is 16.5. The third-order valence-corrected chi connectivity index (χ3v) is 4.36. The zero-order valence-corrected chi connectivity index (χ0v) is 13.5. The topological polar surface area (TPSA) is 71.3 Å². The van der Waals surface area contributed by atoms with E-state index in [1.807, 2.05) is 4.90 Å². The molecule has 1 atom stereocenters. The molecule has 22 heavy (non-hydrogen) atoms. The molecule has 6 nitrogen and oxygen atoms in total. The number of rotatable bonds is 4. The van der Waals surface area contributed by atoms with Crippen LogP contribution in [0.2, 0.25) is 0 Å². The Labute approximate surface area is 131 Å². The Bertz CT molecular complexity index is 510. The van der Waals surface area contributed by atoms with Gasteiger partial charge in [0, 0.05) is 19.0 Å². The number of amides is 2. The molecule has 6 heteroatoms. The number of likely N-dealkylation sites (tertiary alicyclic amines) is 1. The van der Waals surface area contributed by atoms with Crippen LogP contribution in [-0.4, -0.2) is 34.2 Å². The van der Waals surface area contributed by atoms with Crippen LogP contribution in [0.4, 0.5) is 4.79 Å².